The number of nitro groups is 1. The van der Waals surface area contributed by atoms with E-state index in [4.69, 9.17) is 0 Å². The summed E-state index contributed by atoms with van der Waals surface area (Å²) in [5, 5.41) is 14.3. The van der Waals surface area contributed by atoms with Gasteiger partial charge >= 0.3 is 0 Å². The van der Waals surface area contributed by atoms with Crippen molar-refractivity contribution in [3.05, 3.63) is 57.6 Å². The van der Waals surface area contributed by atoms with Gasteiger partial charge in [-0.2, -0.15) is 0 Å². The van der Waals surface area contributed by atoms with Crippen LogP contribution in [0.5, 0.6) is 0 Å². The van der Waals surface area contributed by atoms with Gasteiger partial charge in [-0.15, -0.1) is 0 Å². The van der Waals surface area contributed by atoms with Crippen LogP contribution < -0.4 is 5.32 Å². The molecule has 120 valence electrons. The van der Waals surface area contributed by atoms with Crippen molar-refractivity contribution in [2.75, 3.05) is 11.9 Å². The second kappa shape index (κ2) is 5.66. The van der Waals surface area contributed by atoms with Gasteiger partial charge in [0.2, 0.25) is 9.84 Å². The van der Waals surface area contributed by atoms with E-state index in [2.05, 4.69) is 5.32 Å². The summed E-state index contributed by atoms with van der Waals surface area (Å²) < 4.78 is 26.0. The van der Waals surface area contributed by atoms with E-state index in [-0.39, 0.29) is 9.79 Å². The Morgan fingerprint density at radius 3 is 2.61 bits per heavy atom. The van der Waals surface area contributed by atoms with E-state index in [1.807, 2.05) is 6.92 Å². The third kappa shape index (κ3) is 2.57. The fourth-order valence-corrected chi connectivity index (χ4v) is 4.53. The molecule has 23 heavy (non-hydrogen) atoms. The average molecular weight is 332 g/mol. The molecule has 0 saturated carbocycles. The molecule has 0 unspecified atom stereocenters. The molecular weight excluding hydrogens is 316 g/mol. The van der Waals surface area contributed by atoms with E-state index in [0.717, 1.165) is 24.0 Å². The molecule has 0 atom stereocenters. The van der Waals surface area contributed by atoms with Crippen LogP contribution in [0.15, 0.2) is 46.2 Å². The van der Waals surface area contributed by atoms with Crippen LogP contribution in [0.25, 0.3) is 0 Å². The number of nitrogens with one attached hydrogen (secondary N) is 1. The monoisotopic (exact) mass is 332 g/mol. The number of anilines is 1. The Bertz CT molecular complexity index is 891. The third-order valence-corrected chi connectivity index (χ3v) is 5.90. The first-order valence-corrected chi connectivity index (χ1v) is 8.76. The molecule has 0 saturated heterocycles. The molecule has 1 heterocycles. The highest BCUT2D eigenvalue weighted by molar-refractivity contribution is 7.91. The zero-order chi connectivity index (χ0) is 16.6. The fraction of sp³-hybridized carbons (Fsp3) is 0.250. The first-order chi connectivity index (χ1) is 10.9. The number of aryl methyl sites for hydroxylation is 1. The minimum Gasteiger partial charge on any atom is -0.384 e. The van der Waals surface area contributed by atoms with Crippen molar-refractivity contribution in [2.24, 2.45) is 0 Å². The molecule has 1 N–H and O–H groups in total. The summed E-state index contributed by atoms with van der Waals surface area (Å²) in [5.41, 5.74) is 2.16. The smallest absolute Gasteiger partial charge is 0.288 e. The number of sulfone groups is 1. The molecule has 2 aromatic carbocycles. The summed E-state index contributed by atoms with van der Waals surface area (Å²) in [6.07, 6.45) is 1.73. The first kappa shape index (κ1) is 15.5. The molecule has 0 bridgehead atoms. The number of rotatable bonds is 3. The van der Waals surface area contributed by atoms with Crippen LogP contribution in [0.1, 0.15) is 17.5 Å². The lowest BCUT2D eigenvalue weighted by molar-refractivity contribution is -0.387. The number of nitro benzene ring substituents is 1. The van der Waals surface area contributed by atoms with Gasteiger partial charge in [-0.25, -0.2) is 8.42 Å². The average Bonchev–Trinajstić information content (AvgIpc) is 2.55. The number of nitrogens with zero attached hydrogens (tertiary/aromatic N) is 1. The molecule has 2 aromatic rings. The first-order valence-electron chi connectivity index (χ1n) is 7.28. The molecule has 0 aliphatic carbocycles. The molecule has 6 nitrogen and oxygen atoms in total. The molecule has 0 amide bonds. The summed E-state index contributed by atoms with van der Waals surface area (Å²) in [4.78, 5) is 10.3. The van der Waals surface area contributed by atoms with Gasteiger partial charge in [0.15, 0.2) is 0 Å². The van der Waals surface area contributed by atoms with Crippen molar-refractivity contribution < 1.29 is 13.3 Å². The normalized spacial score (nSPS) is 14.0. The Labute approximate surface area is 134 Å². The van der Waals surface area contributed by atoms with Crippen LogP contribution in [-0.2, 0) is 16.3 Å². The zero-order valence-electron chi connectivity index (χ0n) is 12.6. The molecule has 0 aromatic heterocycles. The second-order valence-electron chi connectivity index (χ2n) is 5.49. The van der Waals surface area contributed by atoms with E-state index in [1.165, 1.54) is 30.3 Å². The van der Waals surface area contributed by atoms with Gasteiger partial charge in [-0.05, 0) is 43.0 Å². The quantitative estimate of drug-likeness (QED) is 0.689. The number of benzene rings is 2. The number of para-hydroxylation sites is 1. The van der Waals surface area contributed by atoms with Crippen molar-refractivity contribution in [2.45, 2.75) is 29.6 Å². The Hall–Kier alpha value is -2.41. The van der Waals surface area contributed by atoms with E-state index < -0.39 is 20.4 Å². The summed E-state index contributed by atoms with van der Waals surface area (Å²) >= 11 is 0. The largest absolute Gasteiger partial charge is 0.384 e. The Morgan fingerprint density at radius 2 is 1.87 bits per heavy atom. The van der Waals surface area contributed by atoms with Gasteiger partial charge in [-0.1, -0.05) is 18.2 Å². The second-order valence-corrected chi connectivity index (χ2v) is 7.38. The zero-order valence-corrected chi connectivity index (χ0v) is 13.4. The van der Waals surface area contributed by atoms with E-state index in [9.17, 15) is 18.5 Å². The molecule has 3 rings (SSSR count). The maximum Gasteiger partial charge on any atom is 0.288 e. The van der Waals surface area contributed by atoms with E-state index in [1.54, 1.807) is 6.07 Å². The van der Waals surface area contributed by atoms with Crippen molar-refractivity contribution in [3.63, 3.8) is 0 Å². The highest BCUT2D eigenvalue weighted by Gasteiger charge is 2.31. The van der Waals surface area contributed by atoms with E-state index in [0.29, 0.717) is 12.2 Å². The fourth-order valence-electron chi connectivity index (χ4n) is 2.90. The Kier molecular flexibility index (Phi) is 3.81. The van der Waals surface area contributed by atoms with E-state index >= 15 is 0 Å². The highest BCUT2D eigenvalue weighted by atomic mass is 32.2. The standard InChI is InChI=1S/C16H16N2O4S/c1-11-8-9-15(16-12(11)5-4-10-17-16)23(21,22)14-7-3-2-6-13(14)18(19)20/h2-3,6-9,17H,4-5,10H2,1H3. The topological polar surface area (TPSA) is 89.3 Å². The van der Waals surface area contributed by atoms with Crippen LogP contribution in [0.2, 0.25) is 0 Å². The molecule has 0 spiro atoms. The van der Waals surface area contributed by atoms with Crippen LogP contribution in [0.4, 0.5) is 11.4 Å². The van der Waals surface area contributed by atoms with Gasteiger partial charge in [0.25, 0.3) is 5.69 Å². The van der Waals surface area contributed by atoms with Crippen LogP contribution in [-0.4, -0.2) is 19.9 Å². The van der Waals surface area contributed by atoms with Crippen LogP contribution >= 0.6 is 0 Å². The molecular formula is C16H16N2O4S. The predicted molar refractivity (Wildman–Crippen MR) is 86.5 cm³/mol. The Balaban J connectivity index is 2.25. The molecule has 1 aliphatic heterocycles. The van der Waals surface area contributed by atoms with Gasteiger partial charge in [0.1, 0.15) is 4.90 Å². The van der Waals surface area contributed by atoms with Crippen molar-refractivity contribution in [3.8, 4) is 0 Å². The van der Waals surface area contributed by atoms with Crippen molar-refractivity contribution in [1.29, 1.82) is 0 Å². The lowest BCUT2D eigenvalue weighted by Gasteiger charge is -2.23. The predicted octanol–water partition coefficient (Wildman–Crippen LogP) is 3.09. The third-order valence-electron chi connectivity index (χ3n) is 4.06. The van der Waals surface area contributed by atoms with Gasteiger partial charge in [0.05, 0.1) is 15.5 Å². The van der Waals surface area contributed by atoms with Gasteiger partial charge in [-0.3, -0.25) is 10.1 Å². The SMILES string of the molecule is Cc1ccc(S(=O)(=O)c2ccccc2[N+](=O)[O-])c2c1CCCN2. The van der Waals surface area contributed by atoms with Gasteiger partial charge < -0.3 is 5.32 Å². The van der Waals surface area contributed by atoms with Crippen LogP contribution in [0.3, 0.4) is 0 Å². The summed E-state index contributed by atoms with van der Waals surface area (Å²) in [7, 11) is -3.98. The van der Waals surface area contributed by atoms with Crippen molar-refractivity contribution in [1.82, 2.24) is 0 Å². The lowest BCUT2D eigenvalue weighted by atomic mass is 9.99. The minimum atomic E-state index is -3.98. The number of hydrogen-bond acceptors (Lipinski definition) is 5. The summed E-state index contributed by atoms with van der Waals surface area (Å²) in [6, 6.07) is 8.73. The molecule has 7 heteroatoms. The lowest BCUT2D eigenvalue weighted by Crippen LogP contribution is -2.17. The van der Waals surface area contributed by atoms with Crippen molar-refractivity contribution >= 4 is 21.2 Å². The molecule has 1 aliphatic rings. The molecule has 0 fully saturated rings. The maximum absolute atomic E-state index is 13.0. The van der Waals surface area contributed by atoms with Gasteiger partial charge in [0, 0.05) is 12.6 Å². The van der Waals surface area contributed by atoms with Crippen LogP contribution in [0, 0.1) is 17.0 Å². The summed E-state index contributed by atoms with van der Waals surface area (Å²) in [6.45, 7) is 2.63. The summed E-state index contributed by atoms with van der Waals surface area (Å²) in [5.74, 6) is 0. The Morgan fingerprint density at radius 1 is 1.13 bits per heavy atom. The number of hydrogen-bond donors (Lipinski definition) is 1. The number of fused-ring (bicyclic) bond motifs is 1. The maximum atomic E-state index is 13.0. The highest BCUT2D eigenvalue weighted by Crippen LogP contribution is 2.37. The minimum absolute atomic E-state index is 0.104. The molecule has 0 radical (unpaired) electrons.